The zero-order valence-electron chi connectivity index (χ0n) is 13.8. The molecule has 1 aliphatic rings. The Morgan fingerprint density at radius 2 is 1.88 bits per heavy atom. The first-order valence-electron chi connectivity index (χ1n) is 8.00. The SMILES string of the molecule is Cl.O=c1onc(C=Cc2ccccc2)n1CC(O)CN1CCOCC1. The number of rotatable bonds is 6. The average molecular weight is 368 g/mol. The normalized spacial score (nSPS) is 16.7. The van der Waals surface area contributed by atoms with E-state index in [1.165, 1.54) is 4.57 Å². The maximum atomic E-state index is 11.8. The van der Waals surface area contributed by atoms with Gasteiger partial charge in [-0.1, -0.05) is 41.6 Å². The van der Waals surface area contributed by atoms with E-state index in [-0.39, 0.29) is 19.0 Å². The van der Waals surface area contributed by atoms with Crippen molar-refractivity contribution in [2.75, 3.05) is 32.8 Å². The molecule has 8 heteroatoms. The van der Waals surface area contributed by atoms with Gasteiger partial charge in [-0.3, -0.25) is 14.0 Å². The standard InChI is InChI=1S/C17H21N3O4.ClH/c21-15(12-19-8-10-23-11-9-19)13-20-16(18-24-17(20)22)7-6-14-4-2-1-3-5-14;/h1-7,15,21H,8-13H2;1H. The smallest absolute Gasteiger partial charge is 0.390 e. The molecule has 1 aromatic heterocycles. The zero-order valence-corrected chi connectivity index (χ0v) is 14.6. The van der Waals surface area contributed by atoms with Gasteiger partial charge in [0.2, 0.25) is 0 Å². The fourth-order valence-corrected chi connectivity index (χ4v) is 2.65. The molecule has 1 saturated heterocycles. The number of halogens is 1. The first-order valence-corrected chi connectivity index (χ1v) is 8.00. The quantitative estimate of drug-likeness (QED) is 0.824. The number of aliphatic hydroxyl groups is 1. The summed E-state index contributed by atoms with van der Waals surface area (Å²) >= 11 is 0. The summed E-state index contributed by atoms with van der Waals surface area (Å²) in [6, 6.07) is 9.70. The van der Waals surface area contributed by atoms with Crippen LogP contribution in [0.5, 0.6) is 0 Å². The summed E-state index contributed by atoms with van der Waals surface area (Å²) in [7, 11) is 0. The van der Waals surface area contributed by atoms with Crippen LogP contribution in [-0.4, -0.2) is 58.7 Å². The maximum absolute atomic E-state index is 11.8. The Morgan fingerprint density at radius 1 is 1.16 bits per heavy atom. The Morgan fingerprint density at radius 3 is 2.60 bits per heavy atom. The summed E-state index contributed by atoms with van der Waals surface area (Å²) in [6.07, 6.45) is 2.88. The molecule has 2 heterocycles. The van der Waals surface area contributed by atoms with Gasteiger partial charge < -0.3 is 9.84 Å². The minimum atomic E-state index is -0.677. The van der Waals surface area contributed by atoms with Crippen molar-refractivity contribution in [3.63, 3.8) is 0 Å². The molecule has 0 bridgehead atoms. The maximum Gasteiger partial charge on any atom is 0.441 e. The number of benzene rings is 1. The van der Waals surface area contributed by atoms with E-state index in [0.717, 1.165) is 18.7 Å². The molecule has 0 radical (unpaired) electrons. The molecule has 136 valence electrons. The number of aromatic nitrogens is 2. The van der Waals surface area contributed by atoms with Crippen LogP contribution in [-0.2, 0) is 11.3 Å². The van der Waals surface area contributed by atoms with Crippen LogP contribution in [0.3, 0.4) is 0 Å². The number of ether oxygens (including phenoxy) is 1. The topological polar surface area (TPSA) is 80.7 Å². The van der Waals surface area contributed by atoms with E-state index >= 15 is 0 Å². The Hall–Kier alpha value is -1.93. The van der Waals surface area contributed by atoms with Crippen molar-refractivity contribution in [3.8, 4) is 0 Å². The number of hydrogen-bond acceptors (Lipinski definition) is 6. The van der Waals surface area contributed by atoms with Gasteiger partial charge in [-0.2, -0.15) is 0 Å². The molecule has 7 nitrogen and oxygen atoms in total. The van der Waals surface area contributed by atoms with Gasteiger partial charge >= 0.3 is 5.76 Å². The predicted molar refractivity (Wildman–Crippen MR) is 96.6 cm³/mol. The fraction of sp³-hybridized carbons (Fsp3) is 0.412. The van der Waals surface area contributed by atoms with Gasteiger partial charge in [0.15, 0.2) is 5.82 Å². The van der Waals surface area contributed by atoms with Gasteiger partial charge in [-0.15, -0.1) is 12.4 Å². The average Bonchev–Trinajstić information content (AvgIpc) is 2.95. The van der Waals surface area contributed by atoms with Crippen LogP contribution in [0.25, 0.3) is 12.2 Å². The fourth-order valence-electron chi connectivity index (χ4n) is 2.65. The molecule has 3 rings (SSSR count). The van der Waals surface area contributed by atoms with E-state index in [9.17, 15) is 9.90 Å². The van der Waals surface area contributed by atoms with Crippen LogP contribution in [0, 0.1) is 0 Å². The third-order valence-electron chi connectivity index (χ3n) is 3.90. The van der Waals surface area contributed by atoms with Gasteiger partial charge in [0.25, 0.3) is 0 Å². The van der Waals surface area contributed by atoms with Crippen LogP contribution in [0.4, 0.5) is 0 Å². The Bertz CT molecular complexity index is 723. The van der Waals surface area contributed by atoms with Crippen LogP contribution >= 0.6 is 12.4 Å². The summed E-state index contributed by atoms with van der Waals surface area (Å²) in [5, 5.41) is 14.0. The second-order valence-electron chi connectivity index (χ2n) is 5.73. The highest BCUT2D eigenvalue weighted by atomic mass is 35.5. The first-order chi connectivity index (χ1) is 11.7. The number of hydrogen-bond donors (Lipinski definition) is 1. The lowest BCUT2D eigenvalue weighted by molar-refractivity contribution is 0.0111. The molecular weight excluding hydrogens is 346 g/mol. The highest BCUT2D eigenvalue weighted by Gasteiger charge is 2.18. The number of aliphatic hydroxyl groups excluding tert-OH is 1. The van der Waals surface area contributed by atoms with E-state index in [0.29, 0.717) is 25.6 Å². The first kappa shape index (κ1) is 19.4. The molecule has 0 spiro atoms. The summed E-state index contributed by atoms with van der Waals surface area (Å²) in [6.45, 7) is 3.56. The third kappa shape index (κ3) is 5.54. The Balaban J connectivity index is 0.00000225. The molecule has 1 N–H and O–H groups in total. The summed E-state index contributed by atoms with van der Waals surface area (Å²) < 4.78 is 11.4. The molecule has 0 saturated carbocycles. The van der Waals surface area contributed by atoms with Crippen LogP contribution in [0.15, 0.2) is 39.6 Å². The second-order valence-corrected chi connectivity index (χ2v) is 5.73. The van der Waals surface area contributed by atoms with Gasteiger partial charge in [-0.05, 0) is 11.6 Å². The lowest BCUT2D eigenvalue weighted by Crippen LogP contribution is -2.42. The van der Waals surface area contributed by atoms with Crippen molar-refractivity contribution in [2.24, 2.45) is 0 Å². The molecule has 25 heavy (non-hydrogen) atoms. The minimum absolute atomic E-state index is 0. The van der Waals surface area contributed by atoms with Gasteiger partial charge in [0.05, 0.1) is 25.9 Å². The van der Waals surface area contributed by atoms with Crippen molar-refractivity contribution >= 4 is 24.6 Å². The number of nitrogens with zero attached hydrogens (tertiary/aromatic N) is 3. The molecule has 0 aliphatic carbocycles. The van der Waals surface area contributed by atoms with E-state index in [4.69, 9.17) is 9.26 Å². The Labute approximate surface area is 151 Å². The van der Waals surface area contributed by atoms with Crippen LogP contribution < -0.4 is 5.76 Å². The van der Waals surface area contributed by atoms with Crippen molar-refractivity contribution in [3.05, 3.63) is 52.3 Å². The molecule has 1 aromatic carbocycles. The number of β-amino-alcohol motifs (C(OH)–C–C–N with tert-alkyl or cyclic N) is 1. The zero-order chi connectivity index (χ0) is 16.8. The van der Waals surface area contributed by atoms with Gasteiger partial charge in [-0.25, -0.2) is 4.79 Å². The molecule has 1 atom stereocenters. The van der Waals surface area contributed by atoms with E-state index in [1.54, 1.807) is 6.08 Å². The Kier molecular flexibility index (Phi) is 7.39. The highest BCUT2D eigenvalue weighted by Crippen LogP contribution is 2.07. The molecule has 2 aromatic rings. The van der Waals surface area contributed by atoms with Crippen molar-refractivity contribution in [1.82, 2.24) is 14.6 Å². The third-order valence-corrected chi connectivity index (χ3v) is 3.90. The summed E-state index contributed by atoms with van der Waals surface area (Å²) in [5.41, 5.74) is 0.994. The predicted octanol–water partition coefficient (Wildman–Crippen LogP) is 1.12. The second kappa shape index (κ2) is 9.53. The van der Waals surface area contributed by atoms with Crippen LogP contribution in [0.2, 0.25) is 0 Å². The molecule has 1 aliphatic heterocycles. The van der Waals surface area contributed by atoms with Gasteiger partial charge in [0, 0.05) is 19.6 Å². The van der Waals surface area contributed by atoms with E-state index in [1.807, 2.05) is 36.4 Å². The van der Waals surface area contributed by atoms with Crippen molar-refractivity contribution in [2.45, 2.75) is 12.6 Å². The lowest BCUT2D eigenvalue weighted by Gasteiger charge is -2.28. The van der Waals surface area contributed by atoms with E-state index < -0.39 is 11.9 Å². The molecule has 1 unspecified atom stereocenters. The van der Waals surface area contributed by atoms with Crippen LogP contribution in [0.1, 0.15) is 11.4 Å². The monoisotopic (exact) mass is 367 g/mol. The summed E-state index contributed by atoms with van der Waals surface area (Å²) in [5.74, 6) is -0.173. The van der Waals surface area contributed by atoms with Crippen molar-refractivity contribution in [1.29, 1.82) is 0 Å². The van der Waals surface area contributed by atoms with Crippen molar-refractivity contribution < 1.29 is 14.4 Å². The lowest BCUT2D eigenvalue weighted by atomic mass is 10.2. The highest BCUT2D eigenvalue weighted by molar-refractivity contribution is 5.85. The largest absolute Gasteiger partial charge is 0.441 e. The molecular formula is C17H22ClN3O4. The van der Waals surface area contributed by atoms with Gasteiger partial charge in [0.1, 0.15) is 0 Å². The van der Waals surface area contributed by atoms with E-state index in [2.05, 4.69) is 10.1 Å². The summed E-state index contributed by atoms with van der Waals surface area (Å²) in [4.78, 5) is 14.0. The number of morpholine rings is 1. The molecule has 1 fully saturated rings. The molecule has 0 amide bonds. The minimum Gasteiger partial charge on any atom is -0.390 e.